The number of carbonyl (C=O) groups excluding carboxylic acids is 2. The van der Waals surface area contributed by atoms with Crippen LogP contribution in [0.5, 0.6) is 0 Å². The van der Waals surface area contributed by atoms with Crippen molar-refractivity contribution in [1.29, 1.82) is 0 Å². The molecular formula is C27H31N3O4. The molecule has 1 saturated carbocycles. The van der Waals surface area contributed by atoms with Gasteiger partial charge < -0.3 is 14.5 Å². The highest BCUT2D eigenvalue weighted by Gasteiger charge is 2.20. The van der Waals surface area contributed by atoms with E-state index in [0.29, 0.717) is 41.7 Å². The first-order valence-electron chi connectivity index (χ1n) is 12.0. The molecule has 0 bridgehead atoms. The molecule has 0 aliphatic heterocycles. The summed E-state index contributed by atoms with van der Waals surface area (Å²) in [6.45, 7) is 3.31. The molecule has 1 atom stereocenters. The molecule has 1 amide bonds. The summed E-state index contributed by atoms with van der Waals surface area (Å²) in [5.41, 5.74) is 1.98. The number of hydrogen-bond acceptors (Lipinski definition) is 6. The summed E-state index contributed by atoms with van der Waals surface area (Å²) in [5, 5.41) is 2.87. The zero-order valence-corrected chi connectivity index (χ0v) is 19.5. The molecule has 2 aromatic heterocycles. The Hall–Kier alpha value is -3.32. The summed E-state index contributed by atoms with van der Waals surface area (Å²) in [6.07, 6.45) is 12.0. The zero-order valence-electron chi connectivity index (χ0n) is 19.5. The van der Waals surface area contributed by atoms with E-state index in [1.165, 1.54) is 38.4 Å². The molecule has 2 heterocycles. The second-order valence-corrected chi connectivity index (χ2v) is 8.77. The molecule has 1 unspecified atom stereocenters. The van der Waals surface area contributed by atoms with Crippen LogP contribution in [-0.2, 0) is 4.74 Å². The van der Waals surface area contributed by atoms with Crippen molar-refractivity contribution in [2.45, 2.75) is 51.6 Å². The summed E-state index contributed by atoms with van der Waals surface area (Å²) in [4.78, 5) is 33.2. The van der Waals surface area contributed by atoms with Crippen molar-refractivity contribution < 1.29 is 18.7 Å². The number of hydrogen-bond donors (Lipinski definition) is 1. The van der Waals surface area contributed by atoms with Gasteiger partial charge >= 0.3 is 0 Å². The van der Waals surface area contributed by atoms with Crippen LogP contribution in [0, 0.1) is 5.92 Å². The number of aromatic nitrogens is 2. The van der Waals surface area contributed by atoms with Crippen molar-refractivity contribution in [3.8, 4) is 11.5 Å². The molecule has 3 aromatic rings. The van der Waals surface area contributed by atoms with E-state index in [0.717, 1.165) is 6.42 Å². The highest BCUT2D eigenvalue weighted by Crippen LogP contribution is 2.27. The second-order valence-electron chi connectivity index (χ2n) is 8.77. The van der Waals surface area contributed by atoms with Gasteiger partial charge in [-0.2, -0.15) is 0 Å². The number of oxazole rings is 1. The maximum absolute atomic E-state index is 12.5. The van der Waals surface area contributed by atoms with Crippen molar-refractivity contribution in [1.82, 2.24) is 15.3 Å². The second kappa shape index (κ2) is 11.7. The first kappa shape index (κ1) is 23.8. The molecule has 1 N–H and O–H groups in total. The standard InChI is InChI=1S/C27H31N3O4/c1-19(20-7-3-2-4-8-20)33-16-6-15-29-26(32)24-18-34-27(30-24)22-12-10-21(11-13-22)25(31)23-9-5-14-28-17-23/h5,9-14,17-20H,2-4,6-8,15-16H2,1H3,(H,29,32). The number of pyridine rings is 1. The lowest BCUT2D eigenvalue weighted by molar-refractivity contribution is 0.0120. The number of rotatable bonds is 10. The van der Waals surface area contributed by atoms with Crippen LogP contribution < -0.4 is 5.32 Å². The summed E-state index contributed by atoms with van der Waals surface area (Å²) in [5.74, 6) is 0.609. The largest absolute Gasteiger partial charge is 0.444 e. The minimum absolute atomic E-state index is 0.107. The van der Waals surface area contributed by atoms with Crippen LogP contribution in [0.2, 0.25) is 0 Å². The normalized spacial score (nSPS) is 15.1. The van der Waals surface area contributed by atoms with Crippen LogP contribution in [0.25, 0.3) is 11.5 Å². The fraction of sp³-hybridized carbons (Fsp3) is 0.407. The Kier molecular flexibility index (Phi) is 8.20. The van der Waals surface area contributed by atoms with E-state index in [9.17, 15) is 9.59 Å². The van der Waals surface area contributed by atoms with Gasteiger partial charge in [0.25, 0.3) is 5.91 Å². The number of benzene rings is 1. The maximum Gasteiger partial charge on any atom is 0.273 e. The molecule has 1 aliphatic rings. The molecule has 34 heavy (non-hydrogen) atoms. The summed E-state index contributed by atoms with van der Waals surface area (Å²) in [7, 11) is 0. The Bertz CT molecular complexity index is 1070. The molecule has 0 radical (unpaired) electrons. The highest BCUT2D eigenvalue weighted by molar-refractivity contribution is 6.08. The lowest BCUT2D eigenvalue weighted by Gasteiger charge is -2.27. The van der Waals surface area contributed by atoms with Gasteiger partial charge in [-0.05, 0) is 56.4 Å². The van der Waals surface area contributed by atoms with Gasteiger partial charge in [0.05, 0.1) is 6.10 Å². The number of carbonyl (C=O) groups is 2. The van der Waals surface area contributed by atoms with E-state index in [1.54, 1.807) is 48.8 Å². The Labute approximate surface area is 200 Å². The molecule has 1 fully saturated rings. The predicted octanol–water partition coefficient (Wildman–Crippen LogP) is 5.07. The smallest absolute Gasteiger partial charge is 0.273 e. The lowest BCUT2D eigenvalue weighted by Crippen LogP contribution is -2.27. The molecule has 1 aliphatic carbocycles. The van der Waals surface area contributed by atoms with E-state index < -0.39 is 0 Å². The van der Waals surface area contributed by atoms with Gasteiger partial charge in [-0.1, -0.05) is 31.4 Å². The van der Waals surface area contributed by atoms with Gasteiger partial charge in [0.2, 0.25) is 5.89 Å². The summed E-state index contributed by atoms with van der Waals surface area (Å²) >= 11 is 0. The van der Waals surface area contributed by atoms with Crippen molar-refractivity contribution in [2.24, 2.45) is 5.92 Å². The fourth-order valence-electron chi connectivity index (χ4n) is 4.31. The average molecular weight is 462 g/mol. The Morgan fingerprint density at radius 1 is 1.12 bits per heavy atom. The highest BCUT2D eigenvalue weighted by atomic mass is 16.5. The first-order valence-corrected chi connectivity index (χ1v) is 12.0. The maximum atomic E-state index is 12.5. The van der Waals surface area contributed by atoms with E-state index in [4.69, 9.17) is 9.15 Å². The molecule has 4 rings (SSSR count). The molecular weight excluding hydrogens is 430 g/mol. The Morgan fingerprint density at radius 3 is 2.65 bits per heavy atom. The van der Waals surface area contributed by atoms with Gasteiger partial charge in [-0.3, -0.25) is 14.6 Å². The molecule has 7 nitrogen and oxygen atoms in total. The van der Waals surface area contributed by atoms with Crippen molar-refractivity contribution in [3.05, 3.63) is 71.9 Å². The van der Waals surface area contributed by atoms with E-state index in [1.807, 2.05) is 0 Å². The quantitative estimate of drug-likeness (QED) is 0.334. The molecule has 0 spiro atoms. The SMILES string of the molecule is CC(OCCCNC(=O)c1coc(-c2ccc(C(=O)c3cccnc3)cc2)n1)C1CCCCC1. The first-order chi connectivity index (χ1) is 16.6. The van der Waals surface area contributed by atoms with Gasteiger partial charge in [-0.15, -0.1) is 0 Å². The third-order valence-electron chi connectivity index (χ3n) is 6.36. The van der Waals surface area contributed by atoms with Crippen molar-refractivity contribution >= 4 is 11.7 Å². The number of nitrogens with zero attached hydrogens (tertiary/aromatic N) is 2. The average Bonchev–Trinajstić information content (AvgIpc) is 3.39. The third-order valence-corrected chi connectivity index (χ3v) is 6.36. The Morgan fingerprint density at radius 2 is 1.91 bits per heavy atom. The number of ether oxygens (including phenoxy) is 1. The Balaban J connectivity index is 1.23. The molecule has 1 aromatic carbocycles. The van der Waals surface area contributed by atoms with Crippen LogP contribution >= 0.6 is 0 Å². The fourth-order valence-corrected chi connectivity index (χ4v) is 4.31. The van der Waals surface area contributed by atoms with Crippen LogP contribution in [0.15, 0.2) is 59.5 Å². The summed E-state index contributed by atoms with van der Waals surface area (Å²) < 4.78 is 11.5. The lowest BCUT2D eigenvalue weighted by atomic mass is 9.86. The van der Waals surface area contributed by atoms with E-state index in [2.05, 4.69) is 22.2 Å². The van der Waals surface area contributed by atoms with Crippen molar-refractivity contribution in [2.75, 3.05) is 13.2 Å². The van der Waals surface area contributed by atoms with Crippen LogP contribution in [-0.4, -0.2) is 40.9 Å². The monoisotopic (exact) mass is 461 g/mol. The number of ketones is 1. The van der Waals surface area contributed by atoms with Crippen LogP contribution in [0.3, 0.4) is 0 Å². The minimum Gasteiger partial charge on any atom is -0.444 e. The number of amides is 1. The van der Waals surface area contributed by atoms with Gasteiger partial charge in [0.15, 0.2) is 11.5 Å². The topological polar surface area (TPSA) is 94.3 Å². The third kappa shape index (κ3) is 6.17. The zero-order chi connectivity index (χ0) is 23.8. The van der Waals surface area contributed by atoms with Crippen LogP contribution in [0.1, 0.15) is 71.9 Å². The van der Waals surface area contributed by atoms with Gasteiger partial charge in [-0.25, -0.2) is 4.98 Å². The van der Waals surface area contributed by atoms with E-state index in [-0.39, 0.29) is 23.5 Å². The van der Waals surface area contributed by atoms with Gasteiger partial charge in [0.1, 0.15) is 6.26 Å². The van der Waals surface area contributed by atoms with Gasteiger partial charge in [0, 0.05) is 42.2 Å². The molecule has 0 saturated heterocycles. The summed E-state index contributed by atoms with van der Waals surface area (Å²) in [6, 6.07) is 10.4. The number of nitrogens with one attached hydrogen (secondary N) is 1. The van der Waals surface area contributed by atoms with E-state index >= 15 is 0 Å². The van der Waals surface area contributed by atoms with Crippen molar-refractivity contribution in [3.63, 3.8) is 0 Å². The molecule has 7 heteroatoms. The predicted molar refractivity (Wildman–Crippen MR) is 129 cm³/mol. The molecule has 178 valence electrons. The minimum atomic E-state index is -0.279. The van der Waals surface area contributed by atoms with Crippen LogP contribution in [0.4, 0.5) is 0 Å².